The molecule has 1 fully saturated rings. The second kappa shape index (κ2) is 6.91. The van der Waals surface area contributed by atoms with Gasteiger partial charge in [0.05, 0.1) is 0 Å². The summed E-state index contributed by atoms with van der Waals surface area (Å²) in [6.45, 7) is 10.4. The highest BCUT2D eigenvalue weighted by molar-refractivity contribution is 5.26. The zero-order chi connectivity index (χ0) is 12.8. The third kappa shape index (κ3) is 3.56. The monoisotopic (exact) mass is 246 g/mol. The number of benzene rings is 1. The lowest BCUT2D eigenvalue weighted by Crippen LogP contribution is -2.26. The predicted molar refractivity (Wildman–Crippen MR) is 77.7 cm³/mol. The van der Waals surface area contributed by atoms with Gasteiger partial charge in [0.25, 0.3) is 0 Å². The summed E-state index contributed by atoms with van der Waals surface area (Å²) in [6, 6.07) is 8.77. The number of hydrogen-bond donors (Lipinski definition) is 1. The fourth-order valence-electron chi connectivity index (χ4n) is 2.85. The van der Waals surface area contributed by atoms with Crippen LogP contribution in [-0.2, 0) is 13.0 Å². The number of likely N-dealkylation sites (tertiary alicyclic amines) is 1. The quantitative estimate of drug-likeness (QED) is 0.830. The molecule has 100 valence electrons. The van der Waals surface area contributed by atoms with Crippen molar-refractivity contribution in [2.75, 3.05) is 26.2 Å². The van der Waals surface area contributed by atoms with Gasteiger partial charge in [0.2, 0.25) is 0 Å². The average Bonchev–Trinajstić information content (AvgIpc) is 2.87. The fraction of sp³-hybridized carbons (Fsp3) is 0.625. The van der Waals surface area contributed by atoms with Crippen LogP contribution >= 0.6 is 0 Å². The maximum absolute atomic E-state index is 3.64. The van der Waals surface area contributed by atoms with Crippen LogP contribution in [0, 0.1) is 5.92 Å². The van der Waals surface area contributed by atoms with Gasteiger partial charge in [-0.05, 0) is 49.5 Å². The summed E-state index contributed by atoms with van der Waals surface area (Å²) in [6.07, 6.45) is 2.49. The second-order valence-electron chi connectivity index (χ2n) is 5.30. The van der Waals surface area contributed by atoms with Crippen LogP contribution in [0.25, 0.3) is 0 Å². The first-order chi connectivity index (χ1) is 8.83. The predicted octanol–water partition coefficient (Wildman–Crippen LogP) is 2.68. The van der Waals surface area contributed by atoms with E-state index in [0.29, 0.717) is 0 Å². The molecule has 0 aromatic heterocycles. The minimum Gasteiger partial charge on any atom is -0.312 e. The summed E-state index contributed by atoms with van der Waals surface area (Å²) in [7, 11) is 0. The summed E-state index contributed by atoms with van der Waals surface area (Å²) in [5.41, 5.74) is 2.94. The Balaban J connectivity index is 1.75. The lowest BCUT2D eigenvalue weighted by atomic mass is 10.0. The molecule has 0 spiro atoms. The molecule has 18 heavy (non-hydrogen) atoms. The Morgan fingerprint density at radius 1 is 1.22 bits per heavy atom. The van der Waals surface area contributed by atoms with Gasteiger partial charge < -0.3 is 10.2 Å². The number of rotatable bonds is 6. The van der Waals surface area contributed by atoms with E-state index in [9.17, 15) is 0 Å². The standard InChI is InChI=1S/C16H26N2/c1-3-15-7-5-6-8-16(15)12-17-11-14-9-10-18(4-2)13-14/h5-8,14,17H,3-4,9-13H2,1-2H3. The summed E-state index contributed by atoms with van der Waals surface area (Å²) in [4.78, 5) is 2.55. The highest BCUT2D eigenvalue weighted by atomic mass is 15.1. The first-order valence-corrected chi connectivity index (χ1v) is 7.33. The van der Waals surface area contributed by atoms with Gasteiger partial charge in [0, 0.05) is 13.1 Å². The summed E-state index contributed by atoms with van der Waals surface area (Å²) < 4.78 is 0. The molecule has 0 bridgehead atoms. The van der Waals surface area contributed by atoms with Crippen LogP contribution in [-0.4, -0.2) is 31.1 Å². The minimum atomic E-state index is 0.846. The molecule has 1 heterocycles. The molecule has 1 aliphatic heterocycles. The zero-order valence-corrected chi connectivity index (χ0v) is 11.8. The molecule has 0 saturated carbocycles. The summed E-state index contributed by atoms with van der Waals surface area (Å²) in [5.74, 6) is 0.846. The first kappa shape index (κ1) is 13.6. The van der Waals surface area contributed by atoms with E-state index in [1.807, 2.05) is 0 Å². The summed E-state index contributed by atoms with van der Waals surface area (Å²) in [5, 5.41) is 3.64. The number of nitrogens with zero attached hydrogens (tertiary/aromatic N) is 1. The lowest BCUT2D eigenvalue weighted by Gasteiger charge is -2.14. The SMILES string of the molecule is CCc1ccccc1CNCC1CCN(CC)C1. The van der Waals surface area contributed by atoms with E-state index >= 15 is 0 Å². The Morgan fingerprint density at radius 2 is 2.00 bits per heavy atom. The molecule has 0 amide bonds. The van der Waals surface area contributed by atoms with E-state index in [-0.39, 0.29) is 0 Å². The third-order valence-corrected chi connectivity index (χ3v) is 4.06. The van der Waals surface area contributed by atoms with Crippen molar-refractivity contribution in [1.82, 2.24) is 10.2 Å². The molecule has 2 heteroatoms. The maximum atomic E-state index is 3.64. The Kier molecular flexibility index (Phi) is 5.21. The van der Waals surface area contributed by atoms with Gasteiger partial charge in [-0.1, -0.05) is 38.1 Å². The van der Waals surface area contributed by atoms with Gasteiger partial charge in [-0.2, -0.15) is 0 Å². The van der Waals surface area contributed by atoms with Crippen LogP contribution in [0.2, 0.25) is 0 Å². The van der Waals surface area contributed by atoms with E-state index in [1.165, 1.54) is 37.2 Å². The average molecular weight is 246 g/mol. The zero-order valence-electron chi connectivity index (χ0n) is 11.8. The van der Waals surface area contributed by atoms with E-state index in [2.05, 4.69) is 48.3 Å². The van der Waals surface area contributed by atoms with Crippen LogP contribution in [0.1, 0.15) is 31.4 Å². The first-order valence-electron chi connectivity index (χ1n) is 7.33. The molecule has 1 atom stereocenters. The Morgan fingerprint density at radius 3 is 2.67 bits per heavy atom. The van der Waals surface area contributed by atoms with E-state index in [0.717, 1.165) is 25.4 Å². The normalized spacial score (nSPS) is 20.4. The number of nitrogens with one attached hydrogen (secondary N) is 1. The fourth-order valence-corrected chi connectivity index (χ4v) is 2.85. The van der Waals surface area contributed by atoms with Gasteiger partial charge in [-0.25, -0.2) is 0 Å². The van der Waals surface area contributed by atoms with E-state index in [1.54, 1.807) is 0 Å². The van der Waals surface area contributed by atoms with Crippen LogP contribution in [0.15, 0.2) is 24.3 Å². The number of aryl methyl sites for hydroxylation is 1. The van der Waals surface area contributed by atoms with Crippen molar-refractivity contribution < 1.29 is 0 Å². The van der Waals surface area contributed by atoms with Crippen molar-refractivity contribution in [3.63, 3.8) is 0 Å². The van der Waals surface area contributed by atoms with E-state index < -0.39 is 0 Å². The molecule has 1 aliphatic rings. The van der Waals surface area contributed by atoms with Crippen molar-refractivity contribution in [2.24, 2.45) is 5.92 Å². The molecule has 1 aromatic rings. The topological polar surface area (TPSA) is 15.3 Å². The van der Waals surface area contributed by atoms with Crippen molar-refractivity contribution >= 4 is 0 Å². The maximum Gasteiger partial charge on any atom is 0.0208 e. The van der Waals surface area contributed by atoms with Crippen LogP contribution in [0.4, 0.5) is 0 Å². The molecular weight excluding hydrogens is 220 g/mol. The second-order valence-corrected chi connectivity index (χ2v) is 5.30. The van der Waals surface area contributed by atoms with Crippen molar-refractivity contribution in [2.45, 2.75) is 33.2 Å². The van der Waals surface area contributed by atoms with Gasteiger partial charge in [0.15, 0.2) is 0 Å². The van der Waals surface area contributed by atoms with Gasteiger partial charge >= 0.3 is 0 Å². The molecule has 0 radical (unpaired) electrons. The molecule has 2 nitrogen and oxygen atoms in total. The Labute approximate surface area is 111 Å². The van der Waals surface area contributed by atoms with Crippen LogP contribution < -0.4 is 5.32 Å². The third-order valence-electron chi connectivity index (χ3n) is 4.06. The van der Waals surface area contributed by atoms with Gasteiger partial charge in [0.1, 0.15) is 0 Å². The molecule has 1 saturated heterocycles. The highest BCUT2D eigenvalue weighted by Gasteiger charge is 2.20. The van der Waals surface area contributed by atoms with Crippen LogP contribution in [0.3, 0.4) is 0 Å². The van der Waals surface area contributed by atoms with Crippen molar-refractivity contribution in [1.29, 1.82) is 0 Å². The van der Waals surface area contributed by atoms with Gasteiger partial charge in [-0.3, -0.25) is 0 Å². The molecule has 1 N–H and O–H groups in total. The van der Waals surface area contributed by atoms with Crippen LogP contribution in [0.5, 0.6) is 0 Å². The smallest absolute Gasteiger partial charge is 0.0208 e. The highest BCUT2D eigenvalue weighted by Crippen LogP contribution is 2.15. The minimum absolute atomic E-state index is 0.846. The van der Waals surface area contributed by atoms with E-state index in [4.69, 9.17) is 0 Å². The molecular formula is C16H26N2. The Hall–Kier alpha value is -0.860. The lowest BCUT2D eigenvalue weighted by molar-refractivity contribution is 0.339. The van der Waals surface area contributed by atoms with Crippen molar-refractivity contribution in [3.8, 4) is 0 Å². The van der Waals surface area contributed by atoms with Crippen molar-refractivity contribution in [3.05, 3.63) is 35.4 Å². The molecule has 0 aliphatic carbocycles. The molecule has 2 rings (SSSR count). The molecule has 1 unspecified atom stereocenters. The Bertz CT molecular complexity index is 362. The number of hydrogen-bond acceptors (Lipinski definition) is 2. The largest absolute Gasteiger partial charge is 0.312 e. The molecule has 1 aromatic carbocycles. The van der Waals surface area contributed by atoms with Gasteiger partial charge in [-0.15, -0.1) is 0 Å². The summed E-state index contributed by atoms with van der Waals surface area (Å²) >= 11 is 0.